The Morgan fingerprint density at radius 1 is 0.926 bits per heavy atom. The van der Waals surface area contributed by atoms with Crippen LogP contribution in [0, 0.1) is 0 Å². The van der Waals surface area contributed by atoms with E-state index in [-0.39, 0.29) is 0 Å². The predicted octanol–water partition coefficient (Wildman–Crippen LogP) is 1.48. The van der Waals surface area contributed by atoms with Gasteiger partial charge in [-0.1, -0.05) is 29.3 Å². The van der Waals surface area contributed by atoms with Crippen molar-refractivity contribution in [1.29, 1.82) is 0 Å². The number of ether oxygens (including phenoxy) is 1. The third-order valence-electron chi connectivity index (χ3n) is 5.02. The van der Waals surface area contributed by atoms with Crippen LogP contribution in [0.3, 0.4) is 0 Å². The molecule has 0 spiro atoms. The fraction of sp³-hybridized carbons (Fsp3) is 0.647. The van der Waals surface area contributed by atoms with Crippen LogP contribution in [0.25, 0.3) is 0 Å². The normalized spacial score (nSPS) is 21.4. The zero-order valence-electron chi connectivity index (χ0n) is 15.5. The summed E-state index contributed by atoms with van der Waals surface area (Å²) in [6, 6.07) is 5.26. The number of nitrogens with zero attached hydrogens (tertiary/aromatic N) is 4. The lowest BCUT2D eigenvalue weighted by Crippen LogP contribution is -2.56. The van der Waals surface area contributed by atoms with Gasteiger partial charge in [-0.3, -0.25) is 4.90 Å². The van der Waals surface area contributed by atoms with Crippen LogP contribution in [-0.4, -0.2) is 99.4 Å². The Kier molecular flexibility index (Phi) is 7.24. The molecule has 2 aliphatic heterocycles. The van der Waals surface area contributed by atoms with E-state index < -0.39 is 10.2 Å². The van der Waals surface area contributed by atoms with Crippen molar-refractivity contribution < 1.29 is 13.2 Å². The molecule has 0 unspecified atom stereocenters. The monoisotopic (exact) mass is 436 g/mol. The maximum atomic E-state index is 12.8. The minimum Gasteiger partial charge on any atom is -0.489 e. The average molecular weight is 437 g/mol. The molecule has 0 radical (unpaired) electrons. The Bertz CT molecular complexity index is 713. The summed E-state index contributed by atoms with van der Waals surface area (Å²) < 4.78 is 34.5. The number of halogens is 2. The summed E-state index contributed by atoms with van der Waals surface area (Å²) in [5, 5.41) is 0.983. The molecule has 0 aliphatic carbocycles. The smallest absolute Gasteiger partial charge is 0.282 e. The Morgan fingerprint density at radius 2 is 1.44 bits per heavy atom. The van der Waals surface area contributed by atoms with Gasteiger partial charge in [-0.05, 0) is 19.2 Å². The lowest BCUT2D eigenvalue weighted by Gasteiger charge is -2.39. The number of rotatable bonds is 6. The van der Waals surface area contributed by atoms with Crippen LogP contribution in [0.2, 0.25) is 10.0 Å². The number of benzene rings is 1. The Labute approximate surface area is 171 Å². The van der Waals surface area contributed by atoms with Crippen LogP contribution >= 0.6 is 23.2 Å². The van der Waals surface area contributed by atoms with Crippen molar-refractivity contribution in [3.8, 4) is 5.75 Å². The highest BCUT2D eigenvalue weighted by molar-refractivity contribution is 7.86. The first-order valence-corrected chi connectivity index (χ1v) is 11.3. The molecule has 27 heavy (non-hydrogen) atoms. The number of para-hydroxylation sites is 1. The zero-order valence-corrected chi connectivity index (χ0v) is 17.8. The number of piperazine rings is 2. The Balaban J connectivity index is 1.45. The van der Waals surface area contributed by atoms with Crippen molar-refractivity contribution in [2.75, 3.05) is 72.6 Å². The van der Waals surface area contributed by atoms with Gasteiger partial charge in [-0.2, -0.15) is 17.0 Å². The predicted molar refractivity (Wildman–Crippen MR) is 108 cm³/mol. The van der Waals surface area contributed by atoms with Gasteiger partial charge in [0.25, 0.3) is 10.2 Å². The highest BCUT2D eigenvalue weighted by Gasteiger charge is 2.33. The second kappa shape index (κ2) is 9.26. The van der Waals surface area contributed by atoms with E-state index >= 15 is 0 Å². The number of hydrogen-bond donors (Lipinski definition) is 0. The SMILES string of the molecule is CN1CCN(S(=O)(=O)N2CCN(CCOc3c(Cl)cccc3Cl)CC2)CC1. The van der Waals surface area contributed by atoms with E-state index in [1.165, 1.54) is 0 Å². The maximum absolute atomic E-state index is 12.8. The zero-order chi connectivity index (χ0) is 19.4. The highest BCUT2D eigenvalue weighted by atomic mass is 35.5. The molecular weight excluding hydrogens is 411 g/mol. The molecule has 0 bridgehead atoms. The van der Waals surface area contributed by atoms with E-state index in [1.807, 2.05) is 7.05 Å². The van der Waals surface area contributed by atoms with Gasteiger partial charge < -0.3 is 9.64 Å². The average Bonchev–Trinajstić information content (AvgIpc) is 2.65. The van der Waals surface area contributed by atoms with Crippen molar-refractivity contribution in [3.05, 3.63) is 28.2 Å². The second-order valence-corrected chi connectivity index (χ2v) is 9.59. The molecule has 152 valence electrons. The summed E-state index contributed by atoms with van der Waals surface area (Å²) >= 11 is 12.2. The summed E-state index contributed by atoms with van der Waals surface area (Å²) in [7, 11) is -1.34. The topological polar surface area (TPSA) is 56.3 Å². The number of likely N-dealkylation sites (N-methyl/N-ethyl adjacent to an activating group) is 1. The van der Waals surface area contributed by atoms with Gasteiger partial charge >= 0.3 is 0 Å². The first-order chi connectivity index (χ1) is 12.9. The molecule has 1 aromatic carbocycles. The van der Waals surface area contributed by atoms with Gasteiger partial charge in [-0.15, -0.1) is 0 Å². The van der Waals surface area contributed by atoms with E-state index in [9.17, 15) is 8.42 Å². The molecule has 0 aromatic heterocycles. The van der Waals surface area contributed by atoms with E-state index in [0.717, 1.165) is 13.1 Å². The maximum Gasteiger partial charge on any atom is 0.282 e. The summed E-state index contributed by atoms with van der Waals surface area (Å²) in [5.41, 5.74) is 0. The number of hydrogen-bond acceptors (Lipinski definition) is 5. The summed E-state index contributed by atoms with van der Waals surface area (Å²) in [6.45, 7) is 6.21. The molecule has 2 heterocycles. The van der Waals surface area contributed by atoms with Gasteiger partial charge in [0.2, 0.25) is 0 Å². The minimum atomic E-state index is -3.36. The third-order valence-corrected chi connectivity index (χ3v) is 7.65. The molecule has 2 fully saturated rings. The van der Waals surface area contributed by atoms with Gasteiger partial charge in [0, 0.05) is 58.9 Å². The van der Waals surface area contributed by atoms with Crippen molar-refractivity contribution in [3.63, 3.8) is 0 Å². The second-order valence-electron chi connectivity index (χ2n) is 6.85. The summed E-state index contributed by atoms with van der Waals surface area (Å²) in [6.07, 6.45) is 0. The lowest BCUT2D eigenvalue weighted by atomic mass is 10.3. The molecule has 10 heteroatoms. The van der Waals surface area contributed by atoms with Crippen LogP contribution in [-0.2, 0) is 10.2 Å². The molecule has 0 atom stereocenters. The quantitative estimate of drug-likeness (QED) is 0.675. The van der Waals surface area contributed by atoms with Crippen molar-refractivity contribution in [2.45, 2.75) is 0 Å². The van der Waals surface area contributed by atoms with E-state index in [0.29, 0.717) is 68.2 Å². The van der Waals surface area contributed by atoms with Crippen molar-refractivity contribution in [2.24, 2.45) is 0 Å². The van der Waals surface area contributed by atoms with Crippen molar-refractivity contribution >= 4 is 33.4 Å². The van der Waals surface area contributed by atoms with Gasteiger partial charge in [0.15, 0.2) is 5.75 Å². The lowest BCUT2D eigenvalue weighted by molar-refractivity contribution is 0.149. The van der Waals surface area contributed by atoms with E-state index in [4.69, 9.17) is 27.9 Å². The third kappa shape index (κ3) is 5.26. The first kappa shape index (κ1) is 21.1. The fourth-order valence-electron chi connectivity index (χ4n) is 3.26. The summed E-state index contributed by atoms with van der Waals surface area (Å²) in [5.74, 6) is 0.497. The highest BCUT2D eigenvalue weighted by Crippen LogP contribution is 2.32. The van der Waals surface area contributed by atoms with Crippen molar-refractivity contribution in [1.82, 2.24) is 18.4 Å². The van der Waals surface area contributed by atoms with E-state index in [1.54, 1.807) is 26.8 Å². The standard InChI is InChI=1S/C17H26Cl2N4O3S/c1-20-5-9-22(10-6-20)27(24,25)23-11-7-21(8-12-23)13-14-26-17-15(18)3-2-4-16(17)19/h2-4H,5-14H2,1H3. The summed E-state index contributed by atoms with van der Waals surface area (Å²) in [4.78, 5) is 4.34. The molecule has 2 saturated heterocycles. The molecule has 0 amide bonds. The van der Waals surface area contributed by atoms with Crippen LogP contribution in [0.1, 0.15) is 0 Å². The van der Waals surface area contributed by atoms with Gasteiger partial charge in [0.05, 0.1) is 10.0 Å². The Morgan fingerprint density at radius 3 is 2.00 bits per heavy atom. The van der Waals surface area contributed by atoms with Crippen LogP contribution in [0.4, 0.5) is 0 Å². The Hall–Kier alpha value is -0.610. The molecule has 2 aliphatic rings. The molecule has 0 saturated carbocycles. The molecule has 1 aromatic rings. The fourth-order valence-corrected chi connectivity index (χ4v) is 5.35. The largest absolute Gasteiger partial charge is 0.489 e. The van der Waals surface area contributed by atoms with Gasteiger partial charge in [0.1, 0.15) is 6.61 Å². The first-order valence-electron chi connectivity index (χ1n) is 9.11. The van der Waals surface area contributed by atoms with E-state index in [2.05, 4.69) is 9.80 Å². The van der Waals surface area contributed by atoms with Crippen LogP contribution in [0.5, 0.6) is 5.75 Å². The van der Waals surface area contributed by atoms with Gasteiger partial charge in [-0.25, -0.2) is 0 Å². The molecule has 3 rings (SSSR count). The molecule has 0 N–H and O–H groups in total. The minimum absolute atomic E-state index is 0.453. The molecule has 7 nitrogen and oxygen atoms in total. The van der Waals surface area contributed by atoms with Crippen LogP contribution in [0.15, 0.2) is 18.2 Å². The van der Waals surface area contributed by atoms with Crippen LogP contribution < -0.4 is 4.74 Å². The molecular formula is C17H26Cl2N4O3S.